The predicted molar refractivity (Wildman–Crippen MR) is 80.4 cm³/mol. The number of rotatable bonds is 4. The van der Waals surface area contributed by atoms with Gasteiger partial charge in [0.15, 0.2) is 6.61 Å². The summed E-state index contributed by atoms with van der Waals surface area (Å²) in [7, 11) is 0. The van der Waals surface area contributed by atoms with Crippen molar-refractivity contribution in [2.75, 3.05) is 11.9 Å². The molecule has 2 amide bonds. The molecule has 0 bridgehead atoms. The van der Waals surface area contributed by atoms with E-state index in [1.54, 1.807) is 24.5 Å². The summed E-state index contributed by atoms with van der Waals surface area (Å²) in [5.74, 6) is 0.405. The van der Waals surface area contributed by atoms with Gasteiger partial charge in [-0.05, 0) is 35.4 Å². The van der Waals surface area contributed by atoms with Gasteiger partial charge in [0.2, 0.25) is 5.91 Å². The van der Waals surface area contributed by atoms with Crippen LogP contribution in [0.3, 0.4) is 0 Å². The fourth-order valence-electron chi connectivity index (χ4n) is 2.19. The van der Waals surface area contributed by atoms with Gasteiger partial charge in [-0.2, -0.15) is 0 Å². The summed E-state index contributed by atoms with van der Waals surface area (Å²) in [5.41, 5.74) is 2.45. The van der Waals surface area contributed by atoms with Crippen molar-refractivity contribution in [2.24, 2.45) is 0 Å². The standard InChI is InChI=1S/C16H15N3O3/c20-15(8-11-3-5-17-6-4-11)18-9-12-1-2-14-13(7-12)19-16(21)10-22-14/h1-7H,8-10H2,(H,18,20)(H,19,21). The van der Waals surface area contributed by atoms with Crippen molar-refractivity contribution in [1.29, 1.82) is 0 Å². The average Bonchev–Trinajstić information content (AvgIpc) is 2.53. The second kappa shape index (κ2) is 6.26. The van der Waals surface area contributed by atoms with E-state index in [0.29, 0.717) is 24.4 Å². The number of pyridine rings is 1. The molecule has 112 valence electrons. The van der Waals surface area contributed by atoms with Crippen LogP contribution in [0.5, 0.6) is 5.75 Å². The number of nitrogens with zero attached hydrogens (tertiary/aromatic N) is 1. The molecule has 2 heterocycles. The highest BCUT2D eigenvalue weighted by Gasteiger charge is 2.15. The van der Waals surface area contributed by atoms with Crippen LogP contribution in [-0.4, -0.2) is 23.4 Å². The van der Waals surface area contributed by atoms with Crippen molar-refractivity contribution in [3.8, 4) is 5.75 Å². The van der Waals surface area contributed by atoms with Crippen LogP contribution in [0.1, 0.15) is 11.1 Å². The van der Waals surface area contributed by atoms with E-state index in [1.807, 2.05) is 18.2 Å². The minimum absolute atomic E-state index is 0.0367. The predicted octanol–water partition coefficient (Wildman–Crippen LogP) is 1.27. The topological polar surface area (TPSA) is 80.3 Å². The fourth-order valence-corrected chi connectivity index (χ4v) is 2.19. The number of hydrogen-bond donors (Lipinski definition) is 2. The molecule has 1 aliphatic heterocycles. The zero-order chi connectivity index (χ0) is 15.4. The van der Waals surface area contributed by atoms with Crippen molar-refractivity contribution < 1.29 is 14.3 Å². The Morgan fingerprint density at radius 1 is 1.23 bits per heavy atom. The van der Waals surface area contributed by atoms with E-state index in [2.05, 4.69) is 15.6 Å². The Morgan fingerprint density at radius 2 is 2.05 bits per heavy atom. The van der Waals surface area contributed by atoms with E-state index in [4.69, 9.17) is 4.74 Å². The minimum atomic E-state index is -0.175. The first kappa shape index (κ1) is 14.1. The Labute approximate surface area is 127 Å². The van der Waals surface area contributed by atoms with Crippen molar-refractivity contribution in [3.05, 3.63) is 53.9 Å². The zero-order valence-corrected chi connectivity index (χ0v) is 11.8. The number of benzene rings is 1. The van der Waals surface area contributed by atoms with E-state index in [9.17, 15) is 9.59 Å². The molecule has 6 heteroatoms. The molecule has 0 fully saturated rings. The zero-order valence-electron chi connectivity index (χ0n) is 11.8. The molecule has 1 aromatic heterocycles. The first-order valence-corrected chi connectivity index (χ1v) is 6.92. The van der Waals surface area contributed by atoms with Gasteiger partial charge in [-0.15, -0.1) is 0 Å². The van der Waals surface area contributed by atoms with Crippen molar-refractivity contribution >= 4 is 17.5 Å². The van der Waals surface area contributed by atoms with Crippen molar-refractivity contribution in [1.82, 2.24) is 10.3 Å². The van der Waals surface area contributed by atoms with Crippen LogP contribution >= 0.6 is 0 Å². The molecule has 1 aliphatic rings. The molecule has 0 aliphatic carbocycles. The summed E-state index contributed by atoms with van der Waals surface area (Å²) in [4.78, 5) is 27.1. The number of aromatic nitrogens is 1. The van der Waals surface area contributed by atoms with Crippen LogP contribution in [-0.2, 0) is 22.6 Å². The van der Waals surface area contributed by atoms with Gasteiger partial charge < -0.3 is 15.4 Å². The molecule has 1 aromatic carbocycles. The summed E-state index contributed by atoms with van der Waals surface area (Å²) in [6, 6.07) is 9.08. The first-order chi connectivity index (χ1) is 10.7. The number of carbonyl (C=O) groups is 2. The van der Waals surface area contributed by atoms with E-state index in [1.165, 1.54) is 0 Å². The van der Waals surface area contributed by atoms with Gasteiger partial charge in [0.05, 0.1) is 12.1 Å². The van der Waals surface area contributed by atoms with Gasteiger partial charge in [0.1, 0.15) is 5.75 Å². The lowest BCUT2D eigenvalue weighted by Crippen LogP contribution is -2.26. The van der Waals surface area contributed by atoms with Crippen molar-refractivity contribution in [2.45, 2.75) is 13.0 Å². The van der Waals surface area contributed by atoms with Gasteiger partial charge in [-0.25, -0.2) is 0 Å². The molecule has 2 N–H and O–H groups in total. The third-order valence-electron chi connectivity index (χ3n) is 3.28. The first-order valence-electron chi connectivity index (χ1n) is 6.92. The number of carbonyl (C=O) groups excluding carboxylic acids is 2. The molecular weight excluding hydrogens is 282 g/mol. The molecule has 0 saturated carbocycles. The maximum absolute atomic E-state index is 11.9. The molecule has 0 spiro atoms. The lowest BCUT2D eigenvalue weighted by molar-refractivity contribution is -0.120. The van der Waals surface area contributed by atoms with Gasteiger partial charge >= 0.3 is 0 Å². The van der Waals surface area contributed by atoms with Gasteiger partial charge in [-0.3, -0.25) is 14.6 Å². The maximum Gasteiger partial charge on any atom is 0.262 e. The Bertz CT molecular complexity index is 701. The maximum atomic E-state index is 11.9. The largest absolute Gasteiger partial charge is 0.482 e. The van der Waals surface area contributed by atoms with E-state index in [-0.39, 0.29) is 18.4 Å². The van der Waals surface area contributed by atoms with E-state index >= 15 is 0 Å². The highest BCUT2D eigenvalue weighted by atomic mass is 16.5. The van der Waals surface area contributed by atoms with Gasteiger partial charge in [0, 0.05) is 18.9 Å². The lowest BCUT2D eigenvalue weighted by Gasteiger charge is -2.18. The number of nitrogens with one attached hydrogen (secondary N) is 2. The molecule has 3 rings (SSSR count). The number of amides is 2. The Hall–Kier alpha value is -2.89. The van der Waals surface area contributed by atoms with Crippen LogP contribution in [0.4, 0.5) is 5.69 Å². The quantitative estimate of drug-likeness (QED) is 0.890. The summed E-state index contributed by atoms with van der Waals surface area (Å²) < 4.78 is 5.29. The number of anilines is 1. The number of hydrogen-bond acceptors (Lipinski definition) is 4. The Morgan fingerprint density at radius 3 is 2.86 bits per heavy atom. The number of ether oxygens (including phenoxy) is 1. The van der Waals surface area contributed by atoms with Crippen LogP contribution < -0.4 is 15.4 Å². The van der Waals surface area contributed by atoms with Gasteiger partial charge in [0.25, 0.3) is 5.91 Å². The summed E-state index contributed by atoms with van der Waals surface area (Å²) >= 11 is 0. The monoisotopic (exact) mass is 297 g/mol. The smallest absolute Gasteiger partial charge is 0.262 e. The van der Waals surface area contributed by atoms with Crippen molar-refractivity contribution in [3.63, 3.8) is 0 Å². The normalized spacial score (nSPS) is 12.8. The highest BCUT2D eigenvalue weighted by molar-refractivity contribution is 5.95. The third kappa shape index (κ3) is 3.41. The highest BCUT2D eigenvalue weighted by Crippen LogP contribution is 2.28. The Balaban J connectivity index is 1.58. The number of fused-ring (bicyclic) bond motifs is 1. The van der Waals surface area contributed by atoms with Crippen LogP contribution in [0.25, 0.3) is 0 Å². The van der Waals surface area contributed by atoms with Gasteiger partial charge in [-0.1, -0.05) is 6.07 Å². The van der Waals surface area contributed by atoms with Crippen LogP contribution in [0.15, 0.2) is 42.7 Å². The molecule has 0 atom stereocenters. The third-order valence-corrected chi connectivity index (χ3v) is 3.28. The molecular formula is C16H15N3O3. The second-order valence-electron chi connectivity index (χ2n) is 4.98. The molecule has 0 radical (unpaired) electrons. The molecule has 0 unspecified atom stereocenters. The van der Waals surface area contributed by atoms with E-state index < -0.39 is 0 Å². The molecule has 0 saturated heterocycles. The second-order valence-corrected chi connectivity index (χ2v) is 4.98. The molecule has 2 aromatic rings. The summed E-state index contributed by atoms with van der Waals surface area (Å²) in [6.07, 6.45) is 3.64. The van der Waals surface area contributed by atoms with E-state index in [0.717, 1.165) is 11.1 Å². The Kier molecular flexibility index (Phi) is 4.00. The summed E-state index contributed by atoms with van der Waals surface area (Å²) in [6.45, 7) is 0.433. The SMILES string of the molecule is O=C(Cc1ccncc1)NCc1ccc2c(c1)NC(=O)CO2. The average molecular weight is 297 g/mol. The fraction of sp³-hybridized carbons (Fsp3) is 0.188. The summed E-state index contributed by atoms with van der Waals surface area (Å²) in [5, 5.41) is 5.60. The molecule has 22 heavy (non-hydrogen) atoms. The van der Waals surface area contributed by atoms with Crippen LogP contribution in [0, 0.1) is 0 Å². The van der Waals surface area contributed by atoms with Crippen LogP contribution in [0.2, 0.25) is 0 Å². The minimum Gasteiger partial charge on any atom is -0.482 e. The molecule has 6 nitrogen and oxygen atoms in total. The lowest BCUT2D eigenvalue weighted by atomic mass is 10.1.